The molecule has 0 aromatic rings. The van der Waals surface area contributed by atoms with Gasteiger partial charge in [0.25, 0.3) is 0 Å². The van der Waals surface area contributed by atoms with Gasteiger partial charge in [-0.05, 0) is 38.8 Å². The van der Waals surface area contributed by atoms with E-state index >= 15 is 0 Å². The smallest absolute Gasteiger partial charge is 0.377 e. The molecule has 20 heavy (non-hydrogen) atoms. The van der Waals surface area contributed by atoms with Crippen molar-refractivity contribution in [2.75, 3.05) is 34.4 Å². The lowest BCUT2D eigenvalue weighted by atomic mass is 10.1. The van der Waals surface area contributed by atoms with E-state index in [1.165, 1.54) is 45.2 Å². The normalized spacial score (nSPS) is 22.4. The van der Waals surface area contributed by atoms with E-state index in [0.29, 0.717) is 11.6 Å². The summed E-state index contributed by atoms with van der Waals surface area (Å²) in [6.45, 7) is 6.91. The molecule has 0 N–H and O–H groups in total. The Morgan fingerprint density at radius 1 is 1.10 bits per heavy atom. The highest BCUT2D eigenvalue weighted by Crippen LogP contribution is 2.38. The molecule has 2 unspecified atom stereocenters. The van der Waals surface area contributed by atoms with Crippen molar-refractivity contribution < 1.29 is 13.3 Å². The highest BCUT2D eigenvalue weighted by atomic mass is 28.4. The van der Waals surface area contributed by atoms with Crippen LogP contribution in [-0.4, -0.2) is 54.2 Å². The summed E-state index contributed by atoms with van der Waals surface area (Å²) in [5, 5.41) is 0. The maximum absolute atomic E-state index is 5.74. The van der Waals surface area contributed by atoms with Crippen LogP contribution < -0.4 is 0 Å². The number of nitrogens with zero attached hydrogens (tertiary/aromatic N) is 1. The zero-order valence-electron chi connectivity index (χ0n) is 14.0. The molecule has 120 valence electrons. The van der Waals surface area contributed by atoms with Gasteiger partial charge in [-0.3, -0.25) is 0 Å². The topological polar surface area (TPSA) is 30.9 Å². The van der Waals surface area contributed by atoms with Gasteiger partial charge >= 0.3 is 8.80 Å². The number of unbranched alkanes of at least 4 members (excludes halogenated alkanes) is 2. The molecule has 1 aliphatic heterocycles. The maximum atomic E-state index is 5.74. The summed E-state index contributed by atoms with van der Waals surface area (Å²) in [6, 6.07) is 0.559. The number of rotatable bonds is 10. The van der Waals surface area contributed by atoms with Gasteiger partial charge < -0.3 is 18.2 Å². The van der Waals surface area contributed by atoms with Crippen LogP contribution in [0.15, 0.2) is 0 Å². The van der Waals surface area contributed by atoms with Gasteiger partial charge in [0.05, 0.1) is 0 Å². The van der Waals surface area contributed by atoms with Crippen LogP contribution in [0.25, 0.3) is 0 Å². The van der Waals surface area contributed by atoms with E-state index in [4.69, 9.17) is 13.3 Å². The van der Waals surface area contributed by atoms with Crippen molar-refractivity contribution in [2.24, 2.45) is 0 Å². The minimum Gasteiger partial charge on any atom is -0.377 e. The first-order valence-electron chi connectivity index (χ1n) is 8.08. The molecule has 0 spiro atoms. The summed E-state index contributed by atoms with van der Waals surface area (Å²) in [7, 11) is 2.66. The molecular formula is C15H33NO3Si. The van der Waals surface area contributed by atoms with E-state index in [2.05, 4.69) is 18.7 Å². The molecule has 1 aliphatic rings. The molecule has 0 aromatic carbocycles. The first-order valence-corrected chi connectivity index (χ1v) is 9.88. The summed E-state index contributed by atoms with van der Waals surface area (Å²) < 4.78 is 17.2. The molecule has 0 bridgehead atoms. The lowest BCUT2D eigenvalue weighted by molar-refractivity contribution is 0.0909. The van der Waals surface area contributed by atoms with Gasteiger partial charge in [-0.15, -0.1) is 0 Å². The molecule has 0 radical (unpaired) electrons. The van der Waals surface area contributed by atoms with E-state index in [9.17, 15) is 0 Å². The molecule has 0 saturated carbocycles. The summed E-state index contributed by atoms with van der Waals surface area (Å²) in [5.74, 6) is 0. The van der Waals surface area contributed by atoms with Crippen LogP contribution in [0.1, 0.15) is 52.4 Å². The van der Waals surface area contributed by atoms with Crippen LogP contribution in [-0.2, 0) is 13.3 Å². The summed E-state index contributed by atoms with van der Waals surface area (Å²) in [5.41, 5.74) is 0.381. The molecule has 1 rings (SSSR count). The Kier molecular flexibility index (Phi) is 8.29. The van der Waals surface area contributed by atoms with Crippen molar-refractivity contribution in [1.29, 1.82) is 0 Å². The van der Waals surface area contributed by atoms with Crippen LogP contribution in [0.4, 0.5) is 0 Å². The molecule has 0 amide bonds. The van der Waals surface area contributed by atoms with E-state index in [-0.39, 0.29) is 0 Å². The van der Waals surface area contributed by atoms with Crippen LogP contribution in [0.5, 0.6) is 0 Å². The first kappa shape index (κ1) is 18.1. The molecule has 4 nitrogen and oxygen atoms in total. The Morgan fingerprint density at radius 3 is 2.25 bits per heavy atom. The van der Waals surface area contributed by atoms with Gasteiger partial charge in [-0.1, -0.05) is 26.7 Å². The van der Waals surface area contributed by atoms with Gasteiger partial charge in [0.2, 0.25) is 0 Å². The quantitative estimate of drug-likeness (QED) is 0.458. The van der Waals surface area contributed by atoms with Crippen LogP contribution in [0.3, 0.4) is 0 Å². The van der Waals surface area contributed by atoms with Gasteiger partial charge in [0.15, 0.2) is 0 Å². The van der Waals surface area contributed by atoms with Crippen molar-refractivity contribution in [2.45, 2.75) is 64.0 Å². The van der Waals surface area contributed by atoms with Crippen LogP contribution >= 0.6 is 0 Å². The van der Waals surface area contributed by atoms with E-state index in [1.807, 2.05) is 0 Å². The lowest BCUT2D eigenvalue weighted by Crippen LogP contribution is -2.54. The van der Waals surface area contributed by atoms with E-state index in [0.717, 1.165) is 6.42 Å². The van der Waals surface area contributed by atoms with Crippen molar-refractivity contribution in [3.63, 3.8) is 0 Å². The molecule has 1 heterocycles. The van der Waals surface area contributed by atoms with E-state index < -0.39 is 8.80 Å². The van der Waals surface area contributed by atoms with Crippen molar-refractivity contribution in [3.8, 4) is 0 Å². The van der Waals surface area contributed by atoms with Gasteiger partial charge in [0, 0.05) is 32.9 Å². The predicted molar refractivity (Wildman–Crippen MR) is 84.9 cm³/mol. The largest absolute Gasteiger partial charge is 0.505 e. The summed E-state index contributed by atoms with van der Waals surface area (Å²) in [6.07, 6.45) is 7.48. The second kappa shape index (κ2) is 9.15. The van der Waals surface area contributed by atoms with Crippen molar-refractivity contribution in [3.05, 3.63) is 0 Å². The third kappa shape index (κ3) is 4.04. The van der Waals surface area contributed by atoms with Crippen molar-refractivity contribution >= 4 is 8.80 Å². The molecular weight excluding hydrogens is 270 g/mol. The molecule has 1 saturated heterocycles. The van der Waals surface area contributed by atoms with Crippen LogP contribution in [0.2, 0.25) is 5.54 Å². The molecule has 5 heteroatoms. The number of likely N-dealkylation sites (tertiary alicyclic amines) is 1. The average Bonchev–Trinajstić information content (AvgIpc) is 2.93. The second-order valence-electron chi connectivity index (χ2n) is 5.68. The molecule has 0 aliphatic carbocycles. The van der Waals surface area contributed by atoms with Gasteiger partial charge in [-0.25, -0.2) is 0 Å². The standard InChI is InChI=1S/C15H33NO3Si/c1-6-8-9-12-16-13-10-11-14(16)15(7-2)20(17-3,18-4)19-5/h14-15H,6-13H2,1-5H3. The summed E-state index contributed by atoms with van der Waals surface area (Å²) in [4.78, 5) is 2.64. The molecule has 1 fully saturated rings. The minimum absolute atomic E-state index is 0.381. The number of hydrogen-bond donors (Lipinski definition) is 0. The SMILES string of the molecule is CCCCCN1CCCC1C(CC)[Si](OC)(OC)OC. The first-order chi connectivity index (χ1) is 9.68. The van der Waals surface area contributed by atoms with Crippen LogP contribution in [0, 0.1) is 0 Å². The second-order valence-corrected chi connectivity index (χ2v) is 8.86. The average molecular weight is 304 g/mol. The highest BCUT2D eigenvalue weighted by molar-refractivity contribution is 6.62. The highest BCUT2D eigenvalue weighted by Gasteiger charge is 2.51. The fourth-order valence-corrected chi connectivity index (χ4v) is 6.37. The van der Waals surface area contributed by atoms with Gasteiger partial charge in [-0.2, -0.15) is 0 Å². The maximum Gasteiger partial charge on any atom is 0.505 e. The zero-order valence-corrected chi connectivity index (χ0v) is 15.0. The number of hydrogen-bond acceptors (Lipinski definition) is 4. The fourth-order valence-electron chi connectivity index (χ4n) is 3.61. The zero-order chi connectivity index (χ0) is 15.0. The lowest BCUT2D eigenvalue weighted by Gasteiger charge is -2.39. The Hall–Kier alpha value is 0.0569. The molecule has 2 atom stereocenters. The Labute approximate surface area is 126 Å². The fraction of sp³-hybridized carbons (Fsp3) is 1.00. The van der Waals surface area contributed by atoms with E-state index in [1.54, 1.807) is 21.3 Å². The predicted octanol–water partition coefficient (Wildman–Crippen LogP) is 3.30. The van der Waals surface area contributed by atoms with Gasteiger partial charge in [0.1, 0.15) is 0 Å². The van der Waals surface area contributed by atoms with Crippen molar-refractivity contribution in [1.82, 2.24) is 4.90 Å². The Morgan fingerprint density at radius 2 is 1.75 bits per heavy atom. The third-order valence-electron chi connectivity index (χ3n) is 4.68. The Bertz CT molecular complexity index is 253. The Balaban J connectivity index is 2.75. The minimum atomic E-state index is -2.54. The monoisotopic (exact) mass is 303 g/mol. The molecule has 0 aromatic heterocycles. The third-order valence-corrected chi connectivity index (χ3v) is 8.08. The summed E-state index contributed by atoms with van der Waals surface area (Å²) >= 11 is 0.